The summed E-state index contributed by atoms with van der Waals surface area (Å²) < 4.78 is 46.0. The molecule has 0 saturated carbocycles. The highest BCUT2D eigenvalue weighted by molar-refractivity contribution is 7.93. The normalized spacial score (nSPS) is 11.1. The molecular formula is C20H21NO6S. The van der Waals surface area contributed by atoms with Gasteiger partial charge in [-0.05, 0) is 23.8 Å². The molecule has 0 atom stereocenters. The molecule has 2 aromatic rings. The number of benzene rings is 2. The molecular weight excluding hydrogens is 382 g/mol. The second-order valence-corrected chi connectivity index (χ2v) is 7.59. The van der Waals surface area contributed by atoms with Gasteiger partial charge in [0.05, 0.1) is 45.3 Å². The zero-order chi connectivity index (χ0) is 20.7. The van der Waals surface area contributed by atoms with E-state index in [0.717, 1.165) is 5.41 Å². The molecule has 0 spiro atoms. The lowest BCUT2D eigenvalue weighted by atomic mass is 10.1. The van der Waals surface area contributed by atoms with E-state index < -0.39 is 9.84 Å². The third-order valence-corrected chi connectivity index (χ3v) is 5.23. The smallest absolute Gasteiger partial charge is 0.175 e. The van der Waals surface area contributed by atoms with E-state index in [-0.39, 0.29) is 11.3 Å². The summed E-state index contributed by atoms with van der Waals surface area (Å²) in [7, 11) is 2.29. The van der Waals surface area contributed by atoms with Crippen LogP contribution in [0, 0.1) is 11.3 Å². The third kappa shape index (κ3) is 4.96. The van der Waals surface area contributed by atoms with Gasteiger partial charge in [-0.3, -0.25) is 0 Å². The average molecular weight is 403 g/mol. The van der Waals surface area contributed by atoms with E-state index in [2.05, 4.69) is 0 Å². The summed E-state index contributed by atoms with van der Waals surface area (Å²) in [5, 5.41) is 10.2. The maximum Gasteiger partial charge on any atom is 0.175 e. The fourth-order valence-electron chi connectivity index (χ4n) is 2.58. The molecule has 0 unspecified atom stereocenters. The fraction of sp³-hybridized carbons (Fsp3) is 0.250. The van der Waals surface area contributed by atoms with Gasteiger partial charge in [-0.15, -0.1) is 0 Å². The largest absolute Gasteiger partial charge is 0.496 e. The summed E-state index contributed by atoms with van der Waals surface area (Å²) in [5.74, 6) is 1.49. The molecule has 0 bridgehead atoms. The van der Waals surface area contributed by atoms with Crippen LogP contribution >= 0.6 is 0 Å². The number of methoxy groups -OCH3 is 4. The van der Waals surface area contributed by atoms with Crippen LogP contribution < -0.4 is 18.9 Å². The summed E-state index contributed by atoms with van der Waals surface area (Å²) >= 11 is 0. The van der Waals surface area contributed by atoms with Gasteiger partial charge in [-0.25, -0.2) is 8.42 Å². The molecule has 148 valence electrons. The molecule has 2 aromatic carbocycles. The Bertz CT molecular complexity index is 996. The van der Waals surface area contributed by atoms with Crippen molar-refractivity contribution in [2.75, 3.05) is 28.4 Å². The van der Waals surface area contributed by atoms with Crippen LogP contribution in [0.1, 0.15) is 16.7 Å². The Labute approximate surface area is 164 Å². The predicted octanol–water partition coefficient (Wildman–Crippen LogP) is 3.18. The zero-order valence-electron chi connectivity index (χ0n) is 16.1. The van der Waals surface area contributed by atoms with Crippen molar-refractivity contribution in [1.29, 1.82) is 5.26 Å². The molecule has 0 saturated heterocycles. The molecule has 8 heteroatoms. The topological polar surface area (TPSA) is 94.9 Å². The van der Waals surface area contributed by atoms with Crippen molar-refractivity contribution in [2.45, 2.75) is 5.75 Å². The van der Waals surface area contributed by atoms with E-state index in [9.17, 15) is 8.42 Å². The van der Waals surface area contributed by atoms with Crippen LogP contribution in [-0.2, 0) is 15.6 Å². The van der Waals surface area contributed by atoms with E-state index in [4.69, 9.17) is 24.2 Å². The monoisotopic (exact) mass is 403 g/mol. The van der Waals surface area contributed by atoms with Crippen LogP contribution in [0.2, 0.25) is 0 Å². The van der Waals surface area contributed by atoms with Crippen LogP contribution in [0.4, 0.5) is 0 Å². The van der Waals surface area contributed by atoms with Crippen LogP contribution in [0.15, 0.2) is 35.7 Å². The summed E-state index contributed by atoms with van der Waals surface area (Å²) in [6, 6.07) is 9.94. The molecule has 0 amide bonds. The second kappa shape index (κ2) is 9.15. The number of nitriles is 1. The van der Waals surface area contributed by atoms with Crippen molar-refractivity contribution in [1.82, 2.24) is 0 Å². The first-order valence-corrected chi connectivity index (χ1v) is 9.86. The van der Waals surface area contributed by atoms with Gasteiger partial charge < -0.3 is 18.9 Å². The Morgan fingerprint density at radius 2 is 1.54 bits per heavy atom. The third-order valence-electron chi connectivity index (χ3n) is 3.95. The number of hydrogen-bond donors (Lipinski definition) is 0. The maximum atomic E-state index is 12.5. The Hall–Kier alpha value is -3.18. The van der Waals surface area contributed by atoms with Crippen LogP contribution in [0.25, 0.3) is 6.08 Å². The number of nitrogens with zero attached hydrogens (tertiary/aromatic N) is 1. The number of hydrogen-bond acceptors (Lipinski definition) is 7. The van der Waals surface area contributed by atoms with E-state index in [0.29, 0.717) is 34.1 Å². The molecule has 2 rings (SSSR count). The molecule has 0 aliphatic rings. The number of rotatable bonds is 8. The Morgan fingerprint density at radius 1 is 0.929 bits per heavy atom. The van der Waals surface area contributed by atoms with Crippen molar-refractivity contribution in [3.05, 3.63) is 52.4 Å². The molecule has 0 fully saturated rings. The quantitative estimate of drug-likeness (QED) is 0.668. The molecule has 7 nitrogen and oxygen atoms in total. The van der Waals surface area contributed by atoms with Gasteiger partial charge in [-0.1, -0.05) is 6.07 Å². The predicted molar refractivity (Wildman–Crippen MR) is 105 cm³/mol. The Balaban J connectivity index is 2.34. The molecule has 0 aromatic heterocycles. The van der Waals surface area contributed by atoms with Crippen LogP contribution in [0.5, 0.6) is 23.0 Å². The van der Waals surface area contributed by atoms with Crippen molar-refractivity contribution in [2.24, 2.45) is 0 Å². The lowest BCUT2D eigenvalue weighted by molar-refractivity contribution is 0.374. The molecule has 0 radical (unpaired) electrons. The minimum Gasteiger partial charge on any atom is -0.496 e. The van der Waals surface area contributed by atoms with Gasteiger partial charge in [-0.2, -0.15) is 5.26 Å². The number of sulfone groups is 1. The molecule has 0 aliphatic heterocycles. The van der Waals surface area contributed by atoms with E-state index >= 15 is 0 Å². The average Bonchev–Trinajstić information content (AvgIpc) is 2.71. The van der Waals surface area contributed by atoms with Crippen molar-refractivity contribution in [3.63, 3.8) is 0 Å². The van der Waals surface area contributed by atoms with E-state index in [1.165, 1.54) is 40.6 Å². The Morgan fingerprint density at radius 3 is 2.04 bits per heavy atom. The van der Waals surface area contributed by atoms with Gasteiger partial charge in [0.2, 0.25) is 0 Å². The highest BCUT2D eigenvalue weighted by atomic mass is 32.2. The van der Waals surface area contributed by atoms with Gasteiger partial charge in [0, 0.05) is 17.5 Å². The maximum absolute atomic E-state index is 12.5. The summed E-state index contributed by atoms with van der Waals surface area (Å²) in [6.45, 7) is 0. The second-order valence-electron chi connectivity index (χ2n) is 5.70. The van der Waals surface area contributed by atoms with Crippen molar-refractivity contribution >= 4 is 15.9 Å². The zero-order valence-corrected chi connectivity index (χ0v) is 16.9. The van der Waals surface area contributed by atoms with Crippen molar-refractivity contribution in [3.8, 4) is 29.1 Å². The summed E-state index contributed by atoms with van der Waals surface area (Å²) in [6.07, 6.45) is 1.42. The molecule has 0 aliphatic carbocycles. The highest BCUT2D eigenvalue weighted by Crippen LogP contribution is 2.35. The van der Waals surface area contributed by atoms with Crippen LogP contribution in [0.3, 0.4) is 0 Å². The molecule has 28 heavy (non-hydrogen) atoms. The number of ether oxygens (including phenoxy) is 4. The SMILES string of the molecule is COc1cc(OC)c(C=CS(=O)(=O)Cc2ccc(OC)c(C#N)c2)c(OC)c1. The van der Waals surface area contributed by atoms with E-state index in [1.54, 1.807) is 24.3 Å². The minimum atomic E-state index is -3.62. The van der Waals surface area contributed by atoms with Gasteiger partial charge in [0.15, 0.2) is 9.84 Å². The van der Waals surface area contributed by atoms with E-state index in [1.807, 2.05) is 6.07 Å². The summed E-state index contributed by atoms with van der Waals surface area (Å²) in [5.41, 5.74) is 1.23. The lowest BCUT2D eigenvalue weighted by Crippen LogP contribution is -2.01. The first kappa shape index (κ1) is 21.1. The first-order valence-electron chi connectivity index (χ1n) is 8.15. The Kier molecular flexibility index (Phi) is 6.90. The lowest BCUT2D eigenvalue weighted by Gasteiger charge is -2.12. The minimum absolute atomic E-state index is 0.261. The molecule has 0 heterocycles. The first-order chi connectivity index (χ1) is 13.4. The standard InChI is InChI=1S/C20H21NO6S/c1-24-16-10-19(26-3)17(20(11-16)27-4)7-8-28(22,23)13-14-5-6-18(25-2)15(9-14)12-21/h5-11H,13H2,1-4H3. The van der Waals surface area contributed by atoms with Gasteiger partial charge in [0.25, 0.3) is 0 Å². The highest BCUT2D eigenvalue weighted by Gasteiger charge is 2.14. The van der Waals surface area contributed by atoms with Gasteiger partial charge >= 0.3 is 0 Å². The van der Waals surface area contributed by atoms with Crippen molar-refractivity contribution < 1.29 is 27.4 Å². The summed E-state index contributed by atoms with van der Waals surface area (Å²) in [4.78, 5) is 0. The van der Waals surface area contributed by atoms with Gasteiger partial charge in [0.1, 0.15) is 29.1 Å². The molecule has 0 N–H and O–H groups in total. The fourth-order valence-corrected chi connectivity index (χ4v) is 3.67. The van der Waals surface area contributed by atoms with Crippen LogP contribution in [-0.4, -0.2) is 36.9 Å².